The van der Waals surface area contributed by atoms with Crippen LogP contribution in [0.3, 0.4) is 0 Å². The highest BCUT2D eigenvalue weighted by Crippen LogP contribution is 2.26. The summed E-state index contributed by atoms with van der Waals surface area (Å²) in [6.07, 6.45) is 3.06. The molecule has 3 aromatic rings. The first-order chi connectivity index (χ1) is 15.2. The molecule has 1 amide bonds. The van der Waals surface area contributed by atoms with Gasteiger partial charge in [0.25, 0.3) is 5.91 Å². The Morgan fingerprint density at radius 2 is 1.94 bits per heavy atom. The predicted octanol–water partition coefficient (Wildman–Crippen LogP) is 2.72. The lowest BCUT2D eigenvalue weighted by atomic mass is 10.0. The summed E-state index contributed by atoms with van der Waals surface area (Å²) in [5.74, 6) is 0.762. The van der Waals surface area contributed by atoms with E-state index in [9.17, 15) is 4.79 Å². The van der Waals surface area contributed by atoms with Gasteiger partial charge >= 0.3 is 0 Å². The molecule has 1 aromatic heterocycles. The lowest BCUT2D eigenvalue weighted by Crippen LogP contribution is -2.34. The summed E-state index contributed by atoms with van der Waals surface area (Å²) in [5.41, 5.74) is 6.35. The average molecular weight is 420 g/mol. The molecule has 2 aromatic carbocycles. The molecule has 0 spiro atoms. The van der Waals surface area contributed by atoms with E-state index in [1.54, 1.807) is 11.1 Å². The third-order valence-electron chi connectivity index (χ3n) is 5.11. The summed E-state index contributed by atoms with van der Waals surface area (Å²) < 4.78 is 5.29. The smallest absolute Gasteiger partial charge is 0.258 e. The van der Waals surface area contributed by atoms with E-state index in [1.807, 2.05) is 54.6 Å². The van der Waals surface area contributed by atoms with Crippen molar-refractivity contribution >= 4 is 5.91 Å². The topological polar surface area (TPSA) is 101 Å². The number of aliphatic hydroxyl groups is 1. The van der Waals surface area contributed by atoms with Gasteiger partial charge in [0.2, 0.25) is 5.89 Å². The molecule has 1 unspecified atom stereocenters. The van der Waals surface area contributed by atoms with Gasteiger partial charge in [-0.25, -0.2) is 0 Å². The molecule has 4 rings (SSSR count). The van der Waals surface area contributed by atoms with Gasteiger partial charge in [-0.1, -0.05) is 47.6 Å². The average Bonchev–Trinajstić information content (AvgIpc) is 3.41. The van der Waals surface area contributed by atoms with Crippen molar-refractivity contribution in [2.75, 3.05) is 13.7 Å². The molecule has 1 aliphatic heterocycles. The highest BCUT2D eigenvalue weighted by atomic mass is 16.6. The summed E-state index contributed by atoms with van der Waals surface area (Å²) in [6.45, 7) is -0.0462. The monoisotopic (exact) mass is 420 g/mol. The van der Waals surface area contributed by atoms with Gasteiger partial charge in [0.1, 0.15) is 0 Å². The minimum absolute atomic E-state index is 0.0462. The van der Waals surface area contributed by atoms with Crippen LogP contribution >= 0.6 is 0 Å². The molecule has 31 heavy (non-hydrogen) atoms. The Kier molecular flexibility index (Phi) is 6.40. The van der Waals surface area contributed by atoms with Gasteiger partial charge in [0.05, 0.1) is 25.5 Å². The first kappa shape index (κ1) is 20.8. The molecule has 1 aliphatic rings. The predicted molar refractivity (Wildman–Crippen MR) is 113 cm³/mol. The van der Waals surface area contributed by atoms with Gasteiger partial charge in [-0.05, 0) is 23.3 Å². The summed E-state index contributed by atoms with van der Waals surface area (Å²) in [4.78, 5) is 24.3. The molecule has 2 heterocycles. The van der Waals surface area contributed by atoms with Gasteiger partial charge in [-0.3, -0.25) is 15.1 Å². The van der Waals surface area contributed by atoms with Crippen LogP contribution in [0.15, 0.2) is 71.0 Å². The van der Waals surface area contributed by atoms with Gasteiger partial charge in [0.15, 0.2) is 5.82 Å². The lowest BCUT2D eigenvalue weighted by molar-refractivity contribution is 0.0779. The number of aromatic nitrogens is 2. The third kappa shape index (κ3) is 4.82. The minimum atomic E-state index is -0.193. The van der Waals surface area contributed by atoms with Crippen LogP contribution in [0.25, 0.3) is 11.1 Å². The van der Waals surface area contributed by atoms with Crippen LogP contribution < -0.4 is 5.48 Å². The number of nitrogens with one attached hydrogen (secondary N) is 1. The zero-order valence-electron chi connectivity index (χ0n) is 17.2. The largest absolute Gasteiger partial charge is 0.396 e. The van der Waals surface area contributed by atoms with E-state index in [0.717, 1.165) is 16.8 Å². The van der Waals surface area contributed by atoms with Crippen LogP contribution in [0.5, 0.6) is 0 Å². The van der Waals surface area contributed by atoms with E-state index >= 15 is 0 Å². The minimum Gasteiger partial charge on any atom is -0.396 e. The van der Waals surface area contributed by atoms with Crippen LogP contribution in [0.2, 0.25) is 0 Å². The molecule has 0 radical (unpaired) electrons. The van der Waals surface area contributed by atoms with Crippen LogP contribution in [0.4, 0.5) is 0 Å². The molecule has 0 saturated carbocycles. The third-order valence-corrected chi connectivity index (χ3v) is 5.11. The summed E-state index contributed by atoms with van der Waals surface area (Å²) in [7, 11) is 1.53. The molecule has 8 nitrogen and oxygen atoms in total. The van der Waals surface area contributed by atoms with Gasteiger partial charge in [0, 0.05) is 31.0 Å². The first-order valence-corrected chi connectivity index (χ1v) is 10.1. The summed E-state index contributed by atoms with van der Waals surface area (Å²) >= 11 is 0. The number of hydrogen-bond donors (Lipinski definition) is 2. The number of benzene rings is 2. The highest BCUT2D eigenvalue weighted by Gasteiger charge is 2.32. The van der Waals surface area contributed by atoms with Crippen LogP contribution in [-0.4, -0.2) is 45.8 Å². The van der Waals surface area contributed by atoms with E-state index in [-0.39, 0.29) is 18.6 Å². The van der Waals surface area contributed by atoms with Crippen molar-refractivity contribution in [1.29, 1.82) is 0 Å². The second kappa shape index (κ2) is 9.55. The first-order valence-electron chi connectivity index (χ1n) is 10.1. The Morgan fingerprint density at radius 3 is 2.65 bits per heavy atom. The molecular weight excluding hydrogens is 396 g/mol. The van der Waals surface area contributed by atoms with Crippen LogP contribution in [-0.2, 0) is 17.7 Å². The quantitative estimate of drug-likeness (QED) is 0.541. The molecule has 0 saturated heterocycles. The van der Waals surface area contributed by atoms with E-state index in [2.05, 4.69) is 15.6 Å². The Labute approximate surface area is 180 Å². The van der Waals surface area contributed by atoms with Crippen molar-refractivity contribution < 1.29 is 19.3 Å². The van der Waals surface area contributed by atoms with Crippen molar-refractivity contribution in [3.05, 3.63) is 83.8 Å². The molecule has 8 heteroatoms. The fraction of sp³-hybridized carbons (Fsp3) is 0.261. The Balaban J connectivity index is 1.52. The number of rotatable bonds is 8. The number of hydrogen-bond acceptors (Lipinski definition) is 7. The van der Waals surface area contributed by atoms with Gasteiger partial charge in [-0.15, -0.1) is 0 Å². The lowest BCUT2D eigenvalue weighted by Gasteiger charge is -2.22. The highest BCUT2D eigenvalue weighted by molar-refractivity contribution is 5.96. The van der Waals surface area contributed by atoms with Crippen molar-refractivity contribution in [2.24, 2.45) is 0 Å². The number of aliphatic hydroxyl groups excluding tert-OH is 1. The Morgan fingerprint density at radius 1 is 1.19 bits per heavy atom. The van der Waals surface area contributed by atoms with Crippen molar-refractivity contribution in [3.63, 3.8) is 0 Å². The fourth-order valence-electron chi connectivity index (χ4n) is 3.63. The molecule has 1 atom stereocenters. The number of amides is 1. The summed E-state index contributed by atoms with van der Waals surface area (Å²) in [5, 5.41) is 12.9. The SMILES string of the molecule is CONC1=CN(C(=O)c2ccc(-c3ccccc3)cc2)C(Cc2nc(CCO)no2)C1. The van der Waals surface area contributed by atoms with Crippen molar-refractivity contribution in [3.8, 4) is 11.1 Å². The Bertz CT molecular complexity index is 1050. The van der Waals surface area contributed by atoms with E-state index in [1.165, 1.54) is 7.11 Å². The molecule has 0 bridgehead atoms. The molecule has 0 aliphatic carbocycles. The number of nitrogens with zero attached hydrogens (tertiary/aromatic N) is 3. The second-order valence-corrected chi connectivity index (χ2v) is 7.26. The molecule has 160 valence electrons. The fourth-order valence-corrected chi connectivity index (χ4v) is 3.63. The maximum absolute atomic E-state index is 13.3. The van der Waals surface area contributed by atoms with Gasteiger partial charge < -0.3 is 14.5 Å². The zero-order chi connectivity index (χ0) is 21.6. The number of carbonyl (C=O) groups excluding carboxylic acids is 1. The van der Waals surface area contributed by atoms with E-state index in [4.69, 9.17) is 14.5 Å². The van der Waals surface area contributed by atoms with Gasteiger partial charge in [-0.2, -0.15) is 4.98 Å². The maximum Gasteiger partial charge on any atom is 0.258 e. The van der Waals surface area contributed by atoms with Crippen molar-refractivity contribution in [2.45, 2.75) is 25.3 Å². The van der Waals surface area contributed by atoms with Crippen molar-refractivity contribution in [1.82, 2.24) is 20.5 Å². The van der Waals surface area contributed by atoms with Crippen LogP contribution in [0.1, 0.15) is 28.5 Å². The standard InChI is InChI=1S/C23H24N4O4/c1-30-25-19-13-20(14-22-24-21(11-12-28)26-31-22)27(15-19)23(29)18-9-7-17(8-10-18)16-5-3-2-4-6-16/h2-10,15,20,25,28H,11-14H2,1H3. The summed E-state index contributed by atoms with van der Waals surface area (Å²) in [6, 6.07) is 17.4. The van der Waals surface area contributed by atoms with Crippen LogP contribution in [0, 0.1) is 0 Å². The zero-order valence-corrected chi connectivity index (χ0v) is 17.2. The normalized spacial score (nSPS) is 15.7. The molecular formula is C23H24N4O4. The molecule has 2 N–H and O–H groups in total. The van der Waals surface area contributed by atoms with E-state index in [0.29, 0.717) is 36.5 Å². The number of carbonyl (C=O) groups is 1. The number of hydroxylamine groups is 1. The van der Waals surface area contributed by atoms with E-state index < -0.39 is 0 Å². The molecule has 0 fully saturated rings. The Hall–Kier alpha value is -3.49. The second-order valence-electron chi connectivity index (χ2n) is 7.26. The maximum atomic E-state index is 13.3.